The molecule has 6 heteroatoms. The number of amides is 2. The van der Waals surface area contributed by atoms with Crippen LogP contribution in [-0.4, -0.2) is 47.3 Å². The molecular formula is C19H27N5O. The normalized spacial score (nSPS) is 18.0. The molecule has 0 unspecified atom stereocenters. The predicted molar refractivity (Wildman–Crippen MR) is 99.8 cm³/mol. The number of urea groups is 1. The number of piperidine rings is 1. The number of carbonyl (C=O) groups excluding carboxylic acids is 1. The summed E-state index contributed by atoms with van der Waals surface area (Å²) in [4.78, 5) is 14.3. The molecule has 1 saturated heterocycles. The van der Waals surface area contributed by atoms with Crippen molar-refractivity contribution in [3.05, 3.63) is 47.8 Å². The lowest BCUT2D eigenvalue weighted by Crippen LogP contribution is -2.36. The summed E-state index contributed by atoms with van der Waals surface area (Å²) in [7, 11) is 0. The fourth-order valence-electron chi connectivity index (χ4n) is 3.46. The van der Waals surface area contributed by atoms with Gasteiger partial charge >= 0.3 is 6.03 Å². The Kier molecular flexibility index (Phi) is 6.06. The van der Waals surface area contributed by atoms with Crippen LogP contribution in [0.5, 0.6) is 0 Å². The highest BCUT2D eigenvalue weighted by molar-refractivity contribution is 5.89. The molecule has 1 aromatic carbocycles. The van der Waals surface area contributed by atoms with Gasteiger partial charge in [0, 0.05) is 25.6 Å². The van der Waals surface area contributed by atoms with Crippen LogP contribution in [0.3, 0.4) is 0 Å². The second-order valence-corrected chi connectivity index (χ2v) is 6.56. The van der Waals surface area contributed by atoms with Crippen molar-refractivity contribution in [1.82, 2.24) is 20.4 Å². The number of aromatic nitrogens is 2. The molecule has 2 heterocycles. The number of hydrogen-bond acceptors (Lipinski definition) is 3. The number of aromatic amines is 1. The Morgan fingerprint density at radius 1 is 1.36 bits per heavy atom. The zero-order valence-corrected chi connectivity index (χ0v) is 14.8. The average molecular weight is 341 g/mol. The van der Waals surface area contributed by atoms with E-state index in [1.54, 1.807) is 6.20 Å². The minimum atomic E-state index is -0.179. The summed E-state index contributed by atoms with van der Waals surface area (Å²) in [5, 5.41) is 12.9. The SMILES string of the molecule is CCNC(=O)Nc1cn[nH]c1[C@H]1CCCN(CCc2ccccc2)C1. The van der Waals surface area contributed by atoms with E-state index in [2.05, 4.69) is 56.1 Å². The standard InChI is InChI=1S/C19H27N5O/c1-2-20-19(25)22-17-13-21-23-18(17)16-9-6-11-24(14-16)12-10-15-7-4-3-5-8-15/h3-5,7-8,13,16H,2,6,9-12,14H2,1H3,(H,21,23)(H2,20,22,25)/t16-/m0/s1. The van der Waals surface area contributed by atoms with Crippen molar-refractivity contribution in [3.8, 4) is 0 Å². The number of nitrogens with zero attached hydrogens (tertiary/aromatic N) is 2. The first-order chi connectivity index (χ1) is 12.3. The fraction of sp³-hybridized carbons (Fsp3) is 0.474. The van der Waals surface area contributed by atoms with Crippen LogP contribution in [0.1, 0.15) is 36.9 Å². The van der Waals surface area contributed by atoms with Gasteiger partial charge in [-0.2, -0.15) is 5.10 Å². The van der Waals surface area contributed by atoms with Gasteiger partial charge in [0.2, 0.25) is 0 Å². The van der Waals surface area contributed by atoms with Crippen LogP contribution in [0.25, 0.3) is 0 Å². The van der Waals surface area contributed by atoms with Gasteiger partial charge < -0.3 is 15.5 Å². The first-order valence-corrected chi connectivity index (χ1v) is 9.10. The number of nitrogens with one attached hydrogen (secondary N) is 3. The first kappa shape index (κ1) is 17.5. The molecule has 0 radical (unpaired) electrons. The largest absolute Gasteiger partial charge is 0.338 e. The second kappa shape index (κ2) is 8.67. The number of anilines is 1. The van der Waals surface area contributed by atoms with Crippen molar-refractivity contribution >= 4 is 11.7 Å². The Morgan fingerprint density at radius 3 is 3.00 bits per heavy atom. The maximum absolute atomic E-state index is 11.8. The molecule has 0 spiro atoms. The maximum atomic E-state index is 11.8. The van der Waals surface area contributed by atoms with Gasteiger partial charge in [0.15, 0.2) is 0 Å². The molecule has 1 fully saturated rings. The Balaban J connectivity index is 1.58. The van der Waals surface area contributed by atoms with E-state index in [4.69, 9.17) is 0 Å². The highest BCUT2D eigenvalue weighted by atomic mass is 16.2. The number of rotatable bonds is 6. The molecule has 6 nitrogen and oxygen atoms in total. The van der Waals surface area contributed by atoms with E-state index < -0.39 is 0 Å². The first-order valence-electron chi connectivity index (χ1n) is 9.10. The minimum absolute atomic E-state index is 0.179. The van der Waals surface area contributed by atoms with Crippen LogP contribution in [0, 0.1) is 0 Å². The van der Waals surface area contributed by atoms with Crippen LogP contribution < -0.4 is 10.6 Å². The molecule has 0 saturated carbocycles. The number of benzene rings is 1. The quantitative estimate of drug-likeness (QED) is 0.756. The van der Waals surface area contributed by atoms with Crippen molar-refractivity contribution in [2.24, 2.45) is 0 Å². The summed E-state index contributed by atoms with van der Waals surface area (Å²) in [5.41, 5.74) is 3.21. The number of carbonyl (C=O) groups is 1. The molecule has 134 valence electrons. The highest BCUT2D eigenvalue weighted by Crippen LogP contribution is 2.30. The Labute approximate surface area is 149 Å². The molecule has 2 amide bonds. The second-order valence-electron chi connectivity index (χ2n) is 6.56. The molecule has 0 bridgehead atoms. The monoisotopic (exact) mass is 341 g/mol. The summed E-state index contributed by atoms with van der Waals surface area (Å²) in [6.45, 7) is 5.71. The van der Waals surface area contributed by atoms with Gasteiger partial charge in [-0.3, -0.25) is 5.10 Å². The van der Waals surface area contributed by atoms with Crippen molar-refractivity contribution in [2.45, 2.75) is 32.1 Å². The van der Waals surface area contributed by atoms with E-state index in [0.717, 1.165) is 43.9 Å². The van der Waals surface area contributed by atoms with Crippen molar-refractivity contribution in [1.29, 1.82) is 0 Å². The zero-order valence-electron chi connectivity index (χ0n) is 14.8. The molecule has 1 atom stereocenters. The summed E-state index contributed by atoms with van der Waals surface area (Å²) in [5.74, 6) is 0.379. The Bertz CT molecular complexity index is 669. The van der Waals surface area contributed by atoms with E-state index in [0.29, 0.717) is 12.5 Å². The highest BCUT2D eigenvalue weighted by Gasteiger charge is 2.25. The van der Waals surface area contributed by atoms with Crippen LogP contribution in [0.15, 0.2) is 36.5 Å². The lowest BCUT2D eigenvalue weighted by molar-refractivity contribution is 0.208. The van der Waals surface area contributed by atoms with E-state index in [1.165, 1.54) is 12.0 Å². The zero-order chi connectivity index (χ0) is 17.5. The van der Waals surface area contributed by atoms with Gasteiger partial charge in [0.1, 0.15) is 0 Å². The third-order valence-electron chi connectivity index (χ3n) is 4.73. The third-order valence-corrected chi connectivity index (χ3v) is 4.73. The van der Waals surface area contributed by atoms with Crippen LogP contribution >= 0.6 is 0 Å². The average Bonchev–Trinajstić information content (AvgIpc) is 3.09. The van der Waals surface area contributed by atoms with E-state index >= 15 is 0 Å². The molecule has 1 aliphatic heterocycles. The molecule has 1 aliphatic rings. The number of H-pyrrole nitrogens is 1. The maximum Gasteiger partial charge on any atom is 0.319 e. The van der Waals surface area contributed by atoms with Crippen molar-refractivity contribution in [3.63, 3.8) is 0 Å². The predicted octanol–water partition coefficient (Wildman–Crippen LogP) is 2.97. The van der Waals surface area contributed by atoms with E-state index in [1.807, 2.05) is 6.92 Å². The summed E-state index contributed by atoms with van der Waals surface area (Å²) < 4.78 is 0. The lowest BCUT2D eigenvalue weighted by atomic mass is 9.93. The van der Waals surface area contributed by atoms with Gasteiger partial charge in [-0.25, -0.2) is 4.79 Å². The Hall–Kier alpha value is -2.34. The topological polar surface area (TPSA) is 73.0 Å². The molecule has 1 aromatic heterocycles. The molecule has 3 rings (SSSR count). The van der Waals surface area contributed by atoms with Crippen molar-refractivity contribution in [2.75, 3.05) is 31.5 Å². The molecule has 2 aromatic rings. The summed E-state index contributed by atoms with van der Waals surface area (Å²) in [6, 6.07) is 10.4. The van der Waals surface area contributed by atoms with Crippen LogP contribution in [-0.2, 0) is 6.42 Å². The van der Waals surface area contributed by atoms with Gasteiger partial charge in [-0.05, 0) is 38.3 Å². The smallest absolute Gasteiger partial charge is 0.319 e. The summed E-state index contributed by atoms with van der Waals surface area (Å²) >= 11 is 0. The van der Waals surface area contributed by atoms with Crippen LogP contribution in [0.2, 0.25) is 0 Å². The Morgan fingerprint density at radius 2 is 2.20 bits per heavy atom. The lowest BCUT2D eigenvalue weighted by Gasteiger charge is -2.32. The van der Waals surface area contributed by atoms with Gasteiger partial charge in [-0.1, -0.05) is 30.3 Å². The van der Waals surface area contributed by atoms with Gasteiger partial charge in [-0.15, -0.1) is 0 Å². The number of likely N-dealkylation sites (tertiary alicyclic amines) is 1. The minimum Gasteiger partial charge on any atom is -0.338 e. The molecule has 25 heavy (non-hydrogen) atoms. The number of hydrogen-bond donors (Lipinski definition) is 3. The van der Waals surface area contributed by atoms with Gasteiger partial charge in [0.25, 0.3) is 0 Å². The van der Waals surface area contributed by atoms with Crippen molar-refractivity contribution < 1.29 is 4.79 Å². The van der Waals surface area contributed by atoms with E-state index in [9.17, 15) is 4.79 Å². The third kappa shape index (κ3) is 4.82. The fourth-order valence-corrected chi connectivity index (χ4v) is 3.46. The molecular weight excluding hydrogens is 314 g/mol. The van der Waals surface area contributed by atoms with Gasteiger partial charge in [0.05, 0.1) is 17.6 Å². The summed E-state index contributed by atoms with van der Waals surface area (Å²) in [6.07, 6.45) is 5.06. The van der Waals surface area contributed by atoms with E-state index in [-0.39, 0.29) is 6.03 Å². The molecule has 0 aliphatic carbocycles. The van der Waals surface area contributed by atoms with Crippen LogP contribution in [0.4, 0.5) is 10.5 Å². The molecule has 3 N–H and O–H groups in total.